The molecule has 2 N–H and O–H groups in total. The van der Waals surface area contributed by atoms with Gasteiger partial charge in [-0.2, -0.15) is 5.10 Å². The summed E-state index contributed by atoms with van der Waals surface area (Å²) in [5, 5.41) is 8.76. The first-order valence-corrected chi connectivity index (χ1v) is 11.4. The van der Waals surface area contributed by atoms with Gasteiger partial charge in [0.1, 0.15) is 5.75 Å². The van der Waals surface area contributed by atoms with E-state index in [1.54, 1.807) is 48.5 Å². The van der Waals surface area contributed by atoms with E-state index in [1.807, 2.05) is 43.3 Å². The minimum atomic E-state index is -0.521. The lowest BCUT2D eigenvalue weighted by Gasteiger charge is -2.11. The highest BCUT2D eigenvalue weighted by atomic mass is 35.5. The molecule has 0 bridgehead atoms. The van der Waals surface area contributed by atoms with Crippen molar-refractivity contribution in [3.63, 3.8) is 0 Å². The van der Waals surface area contributed by atoms with Crippen molar-refractivity contribution in [3.05, 3.63) is 112 Å². The lowest BCUT2D eigenvalue weighted by atomic mass is 10.0. The maximum atomic E-state index is 12.7. The standard InChI is InChI=1S/C28H22ClN3O4/c1-18-5-4-7-21(15-18)28(35)36-25-14-11-19-6-2-3-8-23(19)24(25)16-31-32-26(33)17-30-27(34)20-9-12-22(29)13-10-20/h2-16H,17H2,1H3,(H,30,34)(H,32,33). The third kappa shape index (κ3) is 6.14. The molecule has 0 radical (unpaired) electrons. The number of esters is 1. The first kappa shape index (κ1) is 24.6. The molecule has 36 heavy (non-hydrogen) atoms. The van der Waals surface area contributed by atoms with Gasteiger partial charge >= 0.3 is 5.97 Å². The van der Waals surface area contributed by atoms with Gasteiger partial charge in [-0.3, -0.25) is 9.59 Å². The molecule has 0 aliphatic heterocycles. The van der Waals surface area contributed by atoms with E-state index in [0.29, 0.717) is 27.5 Å². The fraction of sp³-hybridized carbons (Fsp3) is 0.0714. The smallest absolute Gasteiger partial charge is 0.343 e. The highest BCUT2D eigenvalue weighted by Crippen LogP contribution is 2.27. The molecule has 180 valence electrons. The predicted octanol–water partition coefficient (Wildman–Crippen LogP) is 4.90. The van der Waals surface area contributed by atoms with Crippen molar-refractivity contribution >= 4 is 46.4 Å². The number of amides is 2. The Morgan fingerprint density at radius 2 is 1.69 bits per heavy atom. The number of nitrogens with zero attached hydrogens (tertiary/aromatic N) is 1. The van der Waals surface area contributed by atoms with Gasteiger partial charge < -0.3 is 10.1 Å². The van der Waals surface area contributed by atoms with Crippen LogP contribution in [0.5, 0.6) is 5.75 Å². The number of ether oxygens (including phenoxy) is 1. The molecule has 0 aliphatic rings. The van der Waals surface area contributed by atoms with Gasteiger partial charge in [-0.25, -0.2) is 10.2 Å². The summed E-state index contributed by atoms with van der Waals surface area (Å²) >= 11 is 5.82. The molecular weight excluding hydrogens is 478 g/mol. The molecule has 0 atom stereocenters. The number of fused-ring (bicyclic) bond motifs is 1. The van der Waals surface area contributed by atoms with Crippen molar-refractivity contribution in [2.45, 2.75) is 6.92 Å². The van der Waals surface area contributed by atoms with Gasteiger partial charge in [0, 0.05) is 16.1 Å². The Balaban J connectivity index is 1.47. The zero-order valence-electron chi connectivity index (χ0n) is 19.3. The molecule has 0 unspecified atom stereocenters. The molecule has 0 saturated heterocycles. The average Bonchev–Trinajstić information content (AvgIpc) is 2.88. The number of hydrazone groups is 1. The zero-order valence-corrected chi connectivity index (χ0v) is 20.1. The van der Waals surface area contributed by atoms with E-state index in [0.717, 1.165) is 16.3 Å². The Morgan fingerprint density at radius 1 is 0.917 bits per heavy atom. The molecule has 0 saturated carbocycles. The molecule has 0 fully saturated rings. The Kier molecular flexibility index (Phi) is 7.72. The summed E-state index contributed by atoms with van der Waals surface area (Å²) in [4.78, 5) is 37.1. The van der Waals surface area contributed by atoms with Gasteiger partial charge in [0.05, 0.1) is 18.3 Å². The summed E-state index contributed by atoms with van der Waals surface area (Å²) in [5.74, 6) is -1.14. The van der Waals surface area contributed by atoms with Crippen molar-refractivity contribution < 1.29 is 19.1 Å². The van der Waals surface area contributed by atoms with E-state index in [2.05, 4.69) is 15.8 Å². The fourth-order valence-electron chi connectivity index (χ4n) is 3.50. The van der Waals surface area contributed by atoms with E-state index in [-0.39, 0.29) is 6.54 Å². The summed E-state index contributed by atoms with van der Waals surface area (Å²) in [6, 6.07) is 24.5. The maximum Gasteiger partial charge on any atom is 0.343 e. The molecule has 0 aromatic heterocycles. The minimum absolute atomic E-state index is 0.274. The van der Waals surface area contributed by atoms with E-state index in [1.165, 1.54) is 6.21 Å². The van der Waals surface area contributed by atoms with Crippen LogP contribution in [-0.4, -0.2) is 30.5 Å². The molecule has 4 aromatic carbocycles. The molecule has 7 nitrogen and oxygen atoms in total. The monoisotopic (exact) mass is 499 g/mol. The summed E-state index contributed by atoms with van der Waals surface area (Å²) in [6.45, 7) is 1.62. The number of carbonyl (C=O) groups excluding carboxylic acids is 3. The number of rotatable bonds is 7. The van der Waals surface area contributed by atoms with Crippen molar-refractivity contribution in [1.82, 2.24) is 10.7 Å². The van der Waals surface area contributed by atoms with Crippen LogP contribution >= 0.6 is 11.6 Å². The van der Waals surface area contributed by atoms with E-state index in [9.17, 15) is 14.4 Å². The molecule has 0 aliphatic carbocycles. The number of benzene rings is 4. The first-order chi connectivity index (χ1) is 17.4. The molecular formula is C28H22ClN3O4. The SMILES string of the molecule is Cc1cccc(C(=O)Oc2ccc3ccccc3c2C=NNC(=O)CNC(=O)c2ccc(Cl)cc2)c1. The largest absolute Gasteiger partial charge is 0.422 e. The zero-order chi connectivity index (χ0) is 25.5. The van der Waals surface area contributed by atoms with Crippen LogP contribution in [0.3, 0.4) is 0 Å². The number of carbonyl (C=O) groups is 3. The third-order valence-corrected chi connectivity index (χ3v) is 5.54. The van der Waals surface area contributed by atoms with Crippen LogP contribution in [0.2, 0.25) is 5.02 Å². The quantitative estimate of drug-likeness (QED) is 0.163. The number of hydrogen-bond acceptors (Lipinski definition) is 5. The lowest BCUT2D eigenvalue weighted by Crippen LogP contribution is -2.34. The number of aryl methyl sites for hydroxylation is 1. The van der Waals surface area contributed by atoms with Gasteiger partial charge in [-0.1, -0.05) is 59.6 Å². The predicted molar refractivity (Wildman–Crippen MR) is 140 cm³/mol. The molecule has 0 spiro atoms. The lowest BCUT2D eigenvalue weighted by molar-refractivity contribution is -0.120. The van der Waals surface area contributed by atoms with Crippen molar-refractivity contribution in [2.24, 2.45) is 5.10 Å². The summed E-state index contributed by atoms with van der Waals surface area (Å²) in [7, 11) is 0. The normalized spacial score (nSPS) is 10.8. The second-order valence-electron chi connectivity index (χ2n) is 7.94. The van der Waals surface area contributed by atoms with Crippen LogP contribution in [-0.2, 0) is 4.79 Å². The highest BCUT2D eigenvalue weighted by Gasteiger charge is 2.14. The minimum Gasteiger partial charge on any atom is -0.422 e. The second-order valence-corrected chi connectivity index (χ2v) is 8.38. The Labute approximate surface area is 212 Å². The fourth-order valence-corrected chi connectivity index (χ4v) is 3.63. The van der Waals surface area contributed by atoms with Crippen molar-refractivity contribution in [2.75, 3.05) is 6.54 Å². The summed E-state index contributed by atoms with van der Waals surface area (Å²) in [5.41, 5.74) is 4.66. The summed E-state index contributed by atoms with van der Waals surface area (Å²) < 4.78 is 5.68. The van der Waals surface area contributed by atoms with E-state index in [4.69, 9.17) is 16.3 Å². The maximum absolute atomic E-state index is 12.7. The van der Waals surface area contributed by atoms with Crippen molar-refractivity contribution in [1.29, 1.82) is 0 Å². The van der Waals surface area contributed by atoms with Crippen LogP contribution in [0.4, 0.5) is 0 Å². The van der Waals surface area contributed by atoms with Crippen LogP contribution in [0.15, 0.2) is 90.0 Å². The van der Waals surface area contributed by atoms with Crippen molar-refractivity contribution in [3.8, 4) is 5.75 Å². The molecule has 4 aromatic rings. The second kappa shape index (κ2) is 11.3. The van der Waals surface area contributed by atoms with Gasteiger partial charge in [-0.05, 0) is 60.2 Å². The first-order valence-electron chi connectivity index (χ1n) is 11.1. The number of hydrogen-bond donors (Lipinski definition) is 2. The number of nitrogens with one attached hydrogen (secondary N) is 2. The van der Waals surface area contributed by atoms with Crippen LogP contribution < -0.4 is 15.5 Å². The topological polar surface area (TPSA) is 96.9 Å². The highest BCUT2D eigenvalue weighted by molar-refractivity contribution is 6.30. The molecule has 4 rings (SSSR count). The van der Waals surface area contributed by atoms with Crippen LogP contribution in [0, 0.1) is 6.92 Å². The summed E-state index contributed by atoms with van der Waals surface area (Å²) in [6.07, 6.45) is 1.42. The van der Waals surface area contributed by atoms with Crippen LogP contribution in [0.25, 0.3) is 10.8 Å². The third-order valence-electron chi connectivity index (χ3n) is 5.29. The van der Waals surface area contributed by atoms with Gasteiger partial charge in [0.15, 0.2) is 0 Å². The molecule has 2 amide bonds. The average molecular weight is 500 g/mol. The van der Waals surface area contributed by atoms with Crippen LogP contribution in [0.1, 0.15) is 31.8 Å². The Hall–Kier alpha value is -4.49. The van der Waals surface area contributed by atoms with Gasteiger partial charge in [0.2, 0.25) is 0 Å². The van der Waals surface area contributed by atoms with Gasteiger partial charge in [-0.15, -0.1) is 0 Å². The molecule has 8 heteroatoms. The molecule has 0 heterocycles. The number of halogens is 1. The Bertz CT molecular complexity index is 1470. The Morgan fingerprint density at radius 3 is 2.47 bits per heavy atom. The van der Waals surface area contributed by atoms with Gasteiger partial charge in [0.25, 0.3) is 11.8 Å². The van der Waals surface area contributed by atoms with E-state index >= 15 is 0 Å². The van der Waals surface area contributed by atoms with E-state index < -0.39 is 17.8 Å².